The molecule has 0 radical (unpaired) electrons. The molecule has 0 bridgehead atoms. The number of nitrogens with two attached hydrogens (primary N) is 1. The van der Waals surface area contributed by atoms with Crippen molar-refractivity contribution in [1.82, 2.24) is 14.9 Å². The summed E-state index contributed by atoms with van der Waals surface area (Å²) in [7, 11) is 1.56. The molecule has 7 nitrogen and oxygen atoms in total. The minimum atomic E-state index is -0.176. The maximum atomic E-state index is 12.4. The lowest BCUT2D eigenvalue weighted by Crippen LogP contribution is -2.35. The third kappa shape index (κ3) is 3.09. The summed E-state index contributed by atoms with van der Waals surface area (Å²) in [5.41, 5.74) is 8.53. The van der Waals surface area contributed by atoms with Gasteiger partial charge < -0.3 is 15.4 Å². The van der Waals surface area contributed by atoms with E-state index in [0.29, 0.717) is 29.6 Å². The molecular formula is C18H19N5O2S. The largest absolute Gasteiger partial charge is 0.479 e. The third-order valence-corrected chi connectivity index (χ3v) is 5.39. The van der Waals surface area contributed by atoms with Gasteiger partial charge in [0.05, 0.1) is 11.8 Å². The number of likely N-dealkylation sites (tertiary alicyclic amines) is 1. The lowest BCUT2D eigenvalue weighted by Gasteiger charge is -2.15. The molecular weight excluding hydrogens is 350 g/mol. The summed E-state index contributed by atoms with van der Waals surface area (Å²) in [5.74, 6) is 0.444. The van der Waals surface area contributed by atoms with Crippen LogP contribution in [0.4, 0.5) is 9.93 Å². The number of benzene rings is 1. The molecule has 1 fully saturated rings. The molecule has 0 unspecified atom stereocenters. The van der Waals surface area contributed by atoms with Gasteiger partial charge in [-0.1, -0.05) is 41.7 Å². The molecule has 1 atom stereocenters. The number of rotatable bonds is 3. The maximum Gasteiger partial charge on any atom is 0.323 e. The van der Waals surface area contributed by atoms with Crippen LogP contribution in [0.2, 0.25) is 0 Å². The van der Waals surface area contributed by atoms with Crippen molar-refractivity contribution in [2.24, 2.45) is 5.73 Å². The fraction of sp³-hybridized carbons (Fsp3) is 0.278. The molecule has 0 aliphatic carbocycles. The molecule has 1 saturated heterocycles. The number of urea groups is 1. The summed E-state index contributed by atoms with van der Waals surface area (Å²) in [6, 6.07) is 9.84. The average Bonchev–Trinajstić information content (AvgIpc) is 3.27. The zero-order chi connectivity index (χ0) is 18.1. The van der Waals surface area contributed by atoms with Crippen LogP contribution >= 0.6 is 11.3 Å². The zero-order valence-electron chi connectivity index (χ0n) is 14.3. The number of fused-ring (bicyclic) bond motifs is 1. The van der Waals surface area contributed by atoms with Crippen LogP contribution in [-0.4, -0.2) is 47.1 Å². The van der Waals surface area contributed by atoms with Crippen molar-refractivity contribution < 1.29 is 9.53 Å². The van der Waals surface area contributed by atoms with Gasteiger partial charge >= 0.3 is 6.03 Å². The van der Waals surface area contributed by atoms with Gasteiger partial charge in [-0.25, -0.2) is 14.8 Å². The predicted octanol–water partition coefficient (Wildman–Crippen LogP) is 2.93. The standard InChI is InChI=1S/C18H19N5O2S/c1-25-16-14-15(13(9-20-16)11-5-3-2-4-6-11)26-17(21-14)22-18(24)23-8-7-12(19)10-23/h2-6,9,12H,7-8,10,19H2,1H3,(H,21,22,24)/t12-/m0/s1. The molecule has 1 aliphatic heterocycles. The number of methoxy groups -OCH3 is 1. The van der Waals surface area contributed by atoms with E-state index in [1.165, 1.54) is 11.3 Å². The van der Waals surface area contributed by atoms with Crippen molar-refractivity contribution in [1.29, 1.82) is 0 Å². The second kappa shape index (κ2) is 6.89. The van der Waals surface area contributed by atoms with Gasteiger partial charge in [0.25, 0.3) is 0 Å². The number of pyridine rings is 1. The number of hydrogen-bond acceptors (Lipinski definition) is 6. The van der Waals surface area contributed by atoms with Crippen molar-refractivity contribution in [2.45, 2.75) is 12.5 Å². The molecule has 2 aromatic heterocycles. The number of amides is 2. The van der Waals surface area contributed by atoms with Crippen molar-refractivity contribution in [3.05, 3.63) is 36.5 Å². The van der Waals surface area contributed by atoms with Gasteiger partial charge in [-0.15, -0.1) is 0 Å². The number of anilines is 1. The number of thiazole rings is 1. The number of ether oxygens (including phenoxy) is 1. The molecule has 26 heavy (non-hydrogen) atoms. The Labute approximate surface area is 154 Å². The molecule has 3 heterocycles. The topological polar surface area (TPSA) is 93.4 Å². The van der Waals surface area contributed by atoms with E-state index in [1.807, 2.05) is 30.3 Å². The Morgan fingerprint density at radius 1 is 1.38 bits per heavy atom. The van der Waals surface area contributed by atoms with Crippen molar-refractivity contribution >= 4 is 32.7 Å². The summed E-state index contributed by atoms with van der Waals surface area (Å²) in [4.78, 5) is 23.0. The monoisotopic (exact) mass is 369 g/mol. The van der Waals surface area contributed by atoms with Gasteiger partial charge in [0.2, 0.25) is 5.88 Å². The molecule has 4 rings (SSSR count). The Morgan fingerprint density at radius 2 is 2.19 bits per heavy atom. The summed E-state index contributed by atoms with van der Waals surface area (Å²) in [6.45, 7) is 1.23. The van der Waals surface area contributed by atoms with Gasteiger partial charge in [0.1, 0.15) is 5.52 Å². The van der Waals surface area contributed by atoms with Gasteiger partial charge in [0, 0.05) is 30.9 Å². The lowest BCUT2D eigenvalue weighted by molar-refractivity contribution is 0.222. The van der Waals surface area contributed by atoms with Gasteiger partial charge in [-0.05, 0) is 12.0 Å². The van der Waals surface area contributed by atoms with Crippen molar-refractivity contribution in [2.75, 3.05) is 25.5 Å². The number of aromatic nitrogens is 2. The highest BCUT2D eigenvalue weighted by Crippen LogP contribution is 2.38. The van der Waals surface area contributed by atoms with E-state index in [2.05, 4.69) is 15.3 Å². The Kier molecular flexibility index (Phi) is 4.44. The van der Waals surface area contributed by atoms with E-state index < -0.39 is 0 Å². The second-order valence-corrected chi connectivity index (χ2v) is 7.17. The van der Waals surface area contributed by atoms with Crippen LogP contribution in [0.25, 0.3) is 21.3 Å². The van der Waals surface area contributed by atoms with Crippen LogP contribution in [0.3, 0.4) is 0 Å². The molecule has 3 aromatic rings. The number of carbonyl (C=O) groups excluding carboxylic acids is 1. The Hall–Kier alpha value is -2.71. The van der Waals surface area contributed by atoms with E-state index >= 15 is 0 Å². The van der Waals surface area contributed by atoms with Crippen LogP contribution in [-0.2, 0) is 0 Å². The van der Waals surface area contributed by atoms with Gasteiger partial charge in [0.15, 0.2) is 5.13 Å². The number of nitrogens with zero attached hydrogens (tertiary/aromatic N) is 3. The van der Waals surface area contributed by atoms with Crippen LogP contribution in [0.1, 0.15) is 6.42 Å². The van der Waals surface area contributed by atoms with E-state index in [4.69, 9.17) is 10.5 Å². The van der Waals surface area contributed by atoms with Crippen molar-refractivity contribution in [3.8, 4) is 17.0 Å². The number of carbonyl (C=O) groups is 1. The molecule has 134 valence electrons. The van der Waals surface area contributed by atoms with Gasteiger partial charge in [-0.2, -0.15) is 0 Å². The summed E-state index contributed by atoms with van der Waals surface area (Å²) in [5, 5.41) is 3.40. The molecule has 1 aromatic carbocycles. The molecule has 8 heteroatoms. The summed E-state index contributed by atoms with van der Waals surface area (Å²) in [6.07, 6.45) is 2.60. The van der Waals surface area contributed by atoms with Crippen LogP contribution < -0.4 is 15.8 Å². The van der Waals surface area contributed by atoms with Crippen LogP contribution in [0.15, 0.2) is 36.5 Å². The lowest BCUT2D eigenvalue weighted by atomic mass is 10.1. The molecule has 0 saturated carbocycles. The quantitative estimate of drug-likeness (QED) is 0.740. The SMILES string of the molecule is COc1ncc(-c2ccccc2)c2sc(NC(=O)N3CC[C@H](N)C3)nc12. The second-order valence-electron chi connectivity index (χ2n) is 6.17. The highest BCUT2D eigenvalue weighted by Gasteiger charge is 2.25. The third-order valence-electron chi connectivity index (χ3n) is 4.39. The van der Waals surface area contributed by atoms with E-state index in [-0.39, 0.29) is 12.1 Å². The first-order chi connectivity index (χ1) is 12.7. The Bertz CT molecular complexity index is 943. The fourth-order valence-electron chi connectivity index (χ4n) is 3.06. The Morgan fingerprint density at radius 3 is 2.88 bits per heavy atom. The Balaban J connectivity index is 1.70. The first kappa shape index (κ1) is 16.7. The predicted molar refractivity (Wildman–Crippen MR) is 103 cm³/mol. The minimum Gasteiger partial charge on any atom is -0.479 e. The highest BCUT2D eigenvalue weighted by atomic mass is 32.1. The van der Waals surface area contributed by atoms with Crippen LogP contribution in [0, 0.1) is 0 Å². The van der Waals surface area contributed by atoms with Crippen molar-refractivity contribution in [3.63, 3.8) is 0 Å². The van der Waals surface area contributed by atoms with E-state index in [1.54, 1.807) is 18.2 Å². The first-order valence-corrected chi connectivity index (χ1v) is 9.18. The normalized spacial score (nSPS) is 16.8. The van der Waals surface area contributed by atoms with Gasteiger partial charge in [-0.3, -0.25) is 5.32 Å². The molecule has 0 spiro atoms. The number of nitrogens with one attached hydrogen (secondary N) is 1. The molecule has 2 amide bonds. The van der Waals surface area contributed by atoms with Crippen LogP contribution in [0.5, 0.6) is 5.88 Å². The fourth-order valence-corrected chi connectivity index (χ4v) is 4.04. The molecule has 3 N–H and O–H groups in total. The maximum absolute atomic E-state index is 12.4. The smallest absolute Gasteiger partial charge is 0.323 e. The summed E-state index contributed by atoms with van der Waals surface area (Å²) < 4.78 is 6.27. The first-order valence-electron chi connectivity index (χ1n) is 8.36. The van der Waals surface area contributed by atoms with E-state index in [9.17, 15) is 4.79 Å². The highest BCUT2D eigenvalue weighted by molar-refractivity contribution is 7.23. The molecule has 1 aliphatic rings. The summed E-state index contributed by atoms with van der Waals surface area (Å²) >= 11 is 1.42. The number of hydrogen-bond donors (Lipinski definition) is 2. The van der Waals surface area contributed by atoms with E-state index in [0.717, 1.165) is 22.2 Å². The average molecular weight is 369 g/mol. The zero-order valence-corrected chi connectivity index (χ0v) is 15.1. The minimum absolute atomic E-state index is 0.0464.